The van der Waals surface area contributed by atoms with Crippen molar-refractivity contribution >= 4 is 5.97 Å². The van der Waals surface area contributed by atoms with Crippen molar-refractivity contribution in [2.45, 2.75) is 38.6 Å². The van der Waals surface area contributed by atoms with Crippen LogP contribution in [0.15, 0.2) is 18.2 Å². The quantitative estimate of drug-likeness (QED) is 0.812. The molecule has 1 aromatic rings. The zero-order valence-electron chi connectivity index (χ0n) is 12.3. The molecule has 0 amide bonds. The number of hydrogen-bond donors (Lipinski definition) is 1. The maximum atomic E-state index is 11.3. The molecule has 0 bridgehead atoms. The van der Waals surface area contributed by atoms with E-state index in [9.17, 15) is 4.79 Å². The number of benzene rings is 1. The summed E-state index contributed by atoms with van der Waals surface area (Å²) in [7, 11) is 1.69. The topological polar surface area (TPSA) is 47.6 Å². The highest BCUT2D eigenvalue weighted by atomic mass is 16.5. The lowest BCUT2D eigenvalue weighted by Crippen LogP contribution is -2.27. The molecule has 0 saturated heterocycles. The molecule has 1 N–H and O–H groups in total. The molecular formula is C16H23NO3. The van der Waals surface area contributed by atoms with Crippen molar-refractivity contribution in [3.05, 3.63) is 29.3 Å². The van der Waals surface area contributed by atoms with E-state index in [0.29, 0.717) is 25.6 Å². The maximum Gasteiger partial charge on any atom is 0.307 e. The first-order valence-electron chi connectivity index (χ1n) is 7.30. The van der Waals surface area contributed by atoms with Crippen LogP contribution in [0.3, 0.4) is 0 Å². The third kappa shape index (κ3) is 3.73. The van der Waals surface area contributed by atoms with Crippen LogP contribution in [0.1, 0.15) is 43.4 Å². The summed E-state index contributed by atoms with van der Waals surface area (Å²) in [6.45, 7) is 2.93. The highest BCUT2D eigenvalue weighted by molar-refractivity contribution is 5.69. The zero-order valence-corrected chi connectivity index (χ0v) is 12.3. The minimum absolute atomic E-state index is 0.137. The van der Waals surface area contributed by atoms with E-state index >= 15 is 0 Å². The van der Waals surface area contributed by atoms with Crippen molar-refractivity contribution in [2.24, 2.45) is 0 Å². The molecule has 0 fully saturated rings. The number of carbonyl (C=O) groups excluding carboxylic acids is 1. The van der Waals surface area contributed by atoms with E-state index < -0.39 is 0 Å². The Hall–Kier alpha value is -1.55. The van der Waals surface area contributed by atoms with Gasteiger partial charge < -0.3 is 14.8 Å². The summed E-state index contributed by atoms with van der Waals surface area (Å²) in [6.07, 6.45) is 3.82. The largest absolute Gasteiger partial charge is 0.497 e. The molecule has 1 aromatic carbocycles. The van der Waals surface area contributed by atoms with E-state index in [-0.39, 0.29) is 5.97 Å². The van der Waals surface area contributed by atoms with Crippen molar-refractivity contribution in [2.75, 3.05) is 20.3 Å². The van der Waals surface area contributed by atoms with Gasteiger partial charge in [0.2, 0.25) is 0 Å². The SMILES string of the molecule is CCOC(=O)CCNC1CCCc2ccc(OC)cc21. The standard InChI is InChI=1S/C16H23NO3/c1-3-20-16(18)9-10-17-15-6-4-5-12-7-8-13(19-2)11-14(12)15/h7-8,11,15,17H,3-6,9-10H2,1-2H3. The zero-order chi connectivity index (χ0) is 14.4. The van der Waals surface area contributed by atoms with Crippen LogP contribution < -0.4 is 10.1 Å². The van der Waals surface area contributed by atoms with Gasteiger partial charge in [0, 0.05) is 12.6 Å². The van der Waals surface area contributed by atoms with Crippen molar-refractivity contribution in [3.63, 3.8) is 0 Å². The maximum absolute atomic E-state index is 11.3. The molecule has 0 aliphatic heterocycles. The summed E-state index contributed by atoms with van der Waals surface area (Å²) in [6, 6.07) is 6.58. The van der Waals surface area contributed by atoms with Crippen LogP contribution in [0, 0.1) is 0 Å². The Labute approximate surface area is 120 Å². The third-order valence-electron chi connectivity index (χ3n) is 3.69. The fourth-order valence-corrected chi connectivity index (χ4v) is 2.70. The van der Waals surface area contributed by atoms with Crippen LogP contribution >= 0.6 is 0 Å². The summed E-state index contributed by atoms with van der Waals surface area (Å²) < 4.78 is 10.2. The van der Waals surface area contributed by atoms with Gasteiger partial charge in [0.15, 0.2) is 0 Å². The Morgan fingerprint density at radius 3 is 3.05 bits per heavy atom. The first-order chi connectivity index (χ1) is 9.74. The van der Waals surface area contributed by atoms with Crippen LogP contribution in [-0.4, -0.2) is 26.2 Å². The Bertz CT molecular complexity index is 459. The van der Waals surface area contributed by atoms with E-state index in [0.717, 1.165) is 18.6 Å². The number of esters is 1. The Morgan fingerprint density at radius 2 is 2.30 bits per heavy atom. The fraction of sp³-hybridized carbons (Fsp3) is 0.562. The Kier molecular flexibility index (Phi) is 5.41. The number of rotatable bonds is 6. The van der Waals surface area contributed by atoms with Gasteiger partial charge in [-0.1, -0.05) is 6.07 Å². The molecule has 0 radical (unpaired) electrons. The van der Waals surface area contributed by atoms with Gasteiger partial charge in [0.05, 0.1) is 20.1 Å². The molecule has 4 nitrogen and oxygen atoms in total. The molecule has 110 valence electrons. The van der Waals surface area contributed by atoms with Crippen molar-refractivity contribution < 1.29 is 14.3 Å². The van der Waals surface area contributed by atoms with Crippen LogP contribution in [0.2, 0.25) is 0 Å². The minimum atomic E-state index is -0.137. The number of hydrogen-bond acceptors (Lipinski definition) is 4. The lowest BCUT2D eigenvalue weighted by molar-refractivity contribution is -0.143. The van der Waals surface area contributed by atoms with Gasteiger partial charge in [0.25, 0.3) is 0 Å². The van der Waals surface area contributed by atoms with Crippen molar-refractivity contribution in [3.8, 4) is 5.75 Å². The average molecular weight is 277 g/mol. The van der Waals surface area contributed by atoms with Gasteiger partial charge in [0.1, 0.15) is 5.75 Å². The molecule has 0 aromatic heterocycles. The molecule has 0 saturated carbocycles. The van der Waals surface area contributed by atoms with Crippen LogP contribution in [0.5, 0.6) is 5.75 Å². The van der Waals surface area contributed by atoms with E-state index in [2.05, 4.69) is 17.4 Å². The van der Waals surface area contributed by atoms with Crippen molar-refractivity contribution in [1.82, 2.24) is 5.32 Å². The van der Waals surface area contributed by atoms with E-state index in [4.69, 9.17) is 9.47 Å². The predicted octanol–water partition coefficient (Wildman–Crippen LogP) is 2.62. The molecule has 2 rings (SSSR count). The number of methoxy groups -OCH3 is 1. The molecule has 1 aliphatic carbocycles. The van der Waals surface area contributed by atoms with Gasteiger partial charge >= 0.3 is 5.97 Å². The highest BCUT2D eigenvalue weighted by Gasteiger charge is 2.20. The highest BCUT2D eigenvalue weighted by Crippen LogP contribution is 2.32. The smallest absolute Gasteiger partial charge is 0.307 e. The summed E-state index contributed by atoms with van der Waals surface area (Å²) in [5.74, 6) is 0.754. The first kappa shape index (κ1) is 14.9. The Balaban J connectivity index is 1.95. The number of carbonyl (C=O) groups is 1. The third-order valence-corrected chi connectivity index (χ3v) is 3.69. The Morgan fingerprint density at radius 1 is 1.45 bits per heavy atom. The number of ether oxygens (including phenoxy) is 2. The van der Waals surface area contributed by atoms with Gasteiger partial charge in [-0.3, -0.25) is 4.79 Å². The normalized spacial score (nSPS) is 17.4. The molecular weight excluding hydrogens is 254 g/mol. The number of nitrogens with one attached hydrogen (secondary N) is 1. The molecule has 0 heterocycles. The lowest BCUT2D eigenvalue weighted by Gasteiger charge is -2.27. The summed E-state index contributed by atoms with van der Waals surface area (Å²) in [4.78, 5) is 11.3. The average Bonchev–Trinajstić information content (AvgIpc) is 2.47. The van der Waals surface area contributed by atoms with E-state index in [1.807, 2.05) is 13.0 Å². The monoisotopic (exact) mass is 277 g/mol. The molecule has 20 heavy (non-hydrogen) atoms. The van der Waals surface area contributed by atoms with E-state index in [1.165, 1.54) is 17.5 Å². The minimum Gasteiger partial charge on any atom is -0.497 e. The fourth-order valence-electron chi connectivity index (χ4n) is 2.70. The first-order valence-corrected chi connectivity index (χ1v) is 7.30. The van der Waals surface area contributed by atoms with Gasteiger partial charge in [-0.05, 0) is 49.4 Å². The molecule has 1 atom stereocenters. The molecule has 1 unspecified atom stereocenters. The van der Waals surface area contributed by atoms with E-state index in [1.54, 1.807) is 7.11 Å². The second kappa shape index (κ2) is 7.29. The second-order valence-corrected chi connectivity index (χ2v) is 5.02. The molecule has 4 heteroatoms. The molecule has 0 spiro atoms. The van der Waals surface area contributed by atoms with Gasteiger partial charge in [-0.25, -0.2) is 0 Å². The summed E-state index contributed by atoms with van der Waals surface area (Å²) in [5, 5.41) is 3.46. The second-order valence-electron chi connectivity index (χ2n) is 5.02. The van der Waals surface area contributed by atoms with Gasteiger partial charge in [-0.2, -0.15) is 0 Å². The lowest BCUT2D eigenvalue weighted by atomic mass is 9.87. The predicted molar refractivity (Wildman–Crippen MR) is 77.9 cm³/mol. The number of fused-ring (bicyclic) bond motifs is 1. The van der Waals surface area contributed by atoms with Crippen molar-refractivity contribution in [1.29, 1.82) is 0 Å². The summed E-state index contributed by atoms with van der Waals surface area (Å²) >= 11 is 0. The summed E-state index contributed by atoms with van der Waals surface area (Å²) in [5.41, 5.74) is 2.69. The van der Waals surface area contributed by atoms with Crippen LogP contribution in [0.4, 0.5) is 0 Å². The van der Waals surface area contributed by atoms with Crippen LogP contribution in [-0.2, 0) is 16.0 Å². The molecule has 1 aliphatic rings. The van der Waals surface area contributed by atoms with Crippen LogP contribution in [0.25, 0.3) is 0 Å². The van der Waals surface area contributed by atoms with Gasteiger partial charge in [-0.15, -0.1) is 0 Å². The number of aryl methyl sites for hydroxylation is 1.